The maximum atomic E-state index is 13.3. The van der Waals surface area contributed by atoms with Crippen LogP contribution in [0.3, 0.4) is 0 Å². The summed E-state index contributed by atoms with van der Waals surface area (Å²) in [5, 5.41) is 1.59. The van der Waals surface area contributed by atoms with Gasteiger partial charge in [0.25, 0.3) is 0 Å². The maximum absolute atomic E-state index is 13.3. The Bertz CT molecular complexity index is 585. The highest BCUT2D eigenvalue weighted by molar-refractivity contribution is 5.66. The quantitative estimate of drug-likeness (QED) is 0.764. The van der Waals surface area contributed by atoms with E-state index in [0.717, 1.165) is 21.8 Å². The Kier molecular flexibility index (Phi) is 4.46. The predicted octanol–water partition coefficient (Wildman–Crippen LogP) is 2.92. The van der Waals surface area contributed by atoms with Gasteiger partial charge in [0.1, 0.15) is 5.83 Å². The Balaban J connectivity index is 3.60. The molecule has 1 aromatic heterocycles. The van der Waals surface area contributed by atoms with Crippen LogP contribution < -0.4 is 10.6 Å². The molecular formula is C15H16FN. The van der Waals surface area contributed by atoms with Crippen LogP contribution in [0.1, 0.15) is 18.2 Å². The van der Waals surface area contributed by atoms with Crippen LogP contribution in [0.4, 0.5) is 4.39 Å². The van der Waals surface area contributed by atoms with E-state index in [9.17, 15) is 4.39 Å². The molecule has 0 fully saturated rings. The fourth-order valence-corrected chi connectivity index (χ4v) is 1.50. The first kappa shape index (κ1) is 13.0. The molecule has 0 amide bonds. The van der Waals surface area contributed by atoms with Gasteiger partial charge in [0.2, 0.25) is 0 Å². The van der Waals surface area contributed by atoms with Crippen LogP contribution in [0.25, 0.3) is 24.8 Å². The van der Waals surface area contributed by atoms with Crippen molar-refractivity contribution in [3.05, 3.63) is 59.0 Å². The molecule has 0 spiro atoms. The molecule has 0 radical (unpaired) electrons. The van der Waals surface area contributed by atoms with Crippen molar-refractivity contribution in [3.63, 3.8) is 0 Å². The minimum atomic E-state index is -0.387. The van der Waals surface area contributed by atoms with Gasteiger partial charge in [-0.2, -0.15) is 0 Å². The van der Waals surface area contributed by atoms with Gasteiger partial charge in [-0.15, -0.1) is 0 Å². The van der Waals surface area contributed by atoms with Crippen molar-refractivity contribution in [1.29, 1.82) is 0 Å². The molecule has 88 valence electrons. The second-order valence-electron chi connectivity index (χ2n) is 3.47. The van der Waals surface area contributed by atoms with Gasteiger partial charge in [-0.3, -0.25) is 0 Å². The summed E-state index contributed by atoms with van der Waals surface area (Å²) < 4.78 is 13.3. The molecule has 17 heavy (non-hydrogen) atoms. The lowest BCUT2D eigenvalue weighted by atomic mass is 10.1. The molecule has 1 rings (SSSR count). The summed E-state index contributed by atoms with van der Waals surface area (Å²) >= 11 is 0. The van der Waals surface area contributed by atoms with Gasteiger partial charge in [0.05, 0.1) is 0 Å². The first-order valence-corrected chi connectivity index (χ1v) is 5.30. The Morgan fingerprint density at radius 3 is 2.59 bits per heavy atom. The summed E-state index contributed by atoms with van der Waals surface area (Å²) in [5.74, 6) is -0.387. The van der Waals surface area contributed by atoms with E-state index in [1.165, 1.54) is 12.2 Å². The zero-order chi connectivity index (χ0) is 12.8. The molecule has 1 heterocycles. The van der Waals surface area contributed by atoms with Crippen molar-refractivity contribution in [1.82, 2.24) is 4.98 Å². The highest BCUT2D eigenvalue weighted by Gasteiger charge is 2.03. The van der Waals surface area contributed by atoms with Crippen molar-refractivity contribution < 1.29 is 4.39 Å². The minimum Gasteiger partial charge on any atom is -0.355 e. The van der Waals surface area contributed by atoms with E-state index in [2.05, 4.69) is 24.7 Å². The summed E-state index contributed by atoms with van der Waals surface area (Å²) in [7, 11) is 0. The number of rotatable bonds is 4. The first-order chi connectivity index (χ1) is 8.13. The van der Waals surface area contributed by atoms with Crippen molar-refractivity contribution in [3.8, 4) is 0 Å². The van der Waals surface area contributed by atoms with E-state index in [1.54, 1.807) is 6.08 Å². The Hall–Kier alpha value is -2.09. The van der Waals surface area contributed by atoms with E-state index in [4.69, 9.17) is 0 Å². The summed E-state index contributed by atoms with van der Waals surface area (Å²) in [5.41, 5.74) is 1.49. The molecule has 0 aliphatic heterocycles. The summed E-state index contributed by atoms with van der Waals surface area (Å²) in [6.07, 6.45) is 9.90. The molecular weight excluding hydrogens is 213 g/mol. The first-order valence-electron chi connectivity index (χ1n) is 5.30. The van der Waals surface area contributed by atoms with E-state index < -0.39 is 0 Å². The van der Waals surface area contributed by atoms with Crippen molar-refractivity contribution in [2.75, 3.05) is 0 Å². The highest BCUT2D eigenvalue weighted by atomic mass is 19.1. The number of hydrogen-bond acceptors (Lipinski definition) is 0. The molecule has 2 heteroatoms. The lowest BCUT2D eigenvalue weighted by molar-refractivity contribution is 0.675. The fourth-order valence-electron chi connectivity index (χ4n) is 1.50. The van der Waals surface area contributed by atoms with Crippen LogP contribution in [0.5, 0.6) is 0 Å². The SMILES string of the molecule is C=C/C(F)=C\c1c(C=C)[nH]c(=C)/c1=C\C=C/C. The van der Waals surface area contributed by atoms with Gasteiger partial charge in [0, 0.05) is 21.8 Å². The summed E-state index contributed by atoms with van der Waals surface area (Å²) in [4.78, 5) is 3.06. The van der Waals surface area contributed by atoms with Crippen molar-refractivity contribution in [2.24, 2.45) is 0 Å². The predicted molar refractivity (Wildman–Crippen MR) is 74.2 cm³/mol. The van der Waals surface area contributed by atoms with E-state index >= 15 is 0 Å². The fraction of sp³-hybridized carbons (Fsp3) is 0.0667. The number of aromatic amines is 1. The smallest absolute Gasteiger partial charge is 0.123 e. The normalized spacial score (nSPS) is 13.3. The second-order valence-corrected chi connectivity index (χ2v) is 3.47. The van der Waals surface area contributed by atoms with Crippen molar-refractivity contribution in [2.45, 2.75) is 6.92 Å². The van der Waals surface area contributed by atoms with Crippen LogP contribution in [0.2, 0.25) is 0 Å². The number of allylic oxidation sites excluding steroid dienone is 4. The Morgan fingerprint density at radius 1 is 1.35 bits per heavy atom. The molecule has 0 aliphatic rings. The lowest BCUT2D eigenvalue weighted by Gasteiger charge is -1.92. The zero-order valence-electron chi connectivity index (χ0n) is 9.96. The zero-order valence-corrected chi connectivity index (χ0v) is 9.96. The minimum absolute atomic E-state index is 0.387. The average Bonchev–Trinajstić information content (AvgIpc) is 2.63. The van der Waals surface area contributed by atoms with Gasteiger partial charge in [0.15, 0.2) is 0 Å². The van der Waals surface area contributed by atoms with Gasteiger partial charge in [-0.1, -0.05) is 38.0 Å². The van der Waals surface area contributed by atoms with Crippen LogP contribution in [0, 0.1) is 0 Å². The molecule has 0 bridgehead atoms. The lowest BCUT2D eigenvalue weighted by Crippen LogP contribution is -2.21. The topological polar surface area (TPSA) is 15.8 Å². The molecule has 1 nitrogen and oxygen atoms in total. The third-order valence-corrected chi connectivity index (χ3v) is 2.33. The van der Waals surface area contributed by atoms with Gasteiger partial charge < -0.3 is 4.98 Å². The molecule has 1 aromatic rings. The van der Waals surface area contributed by atoms with E-state index in [1.807, 2.05) is 25.2 Å². The molecule has 0 unspecified atom stereocenters. The molecule has 0 saturated heterocycles. The molecule has 0 aromatic carbocycles. The van der Waals surface area contributed by atoms with Crippen LogP contribution in [-0.4, -0.2) is 4.98 Å². The summed E-state index contributed by atoms with van der Waals surface area (Å²) in [6.45, 7) is 12.9. The second kappa shape index (κ2) is 5.85. The van der Waals surface area contributed by atoms with Gasteiger partial charge >= 0.3 is 0 Å². The molecule has 1 N–H and O–H groups in total. The summed E-state index contributed by atoms with van der Waals surface area (Å²) in [6, 6.07) is 0. The molecule has 0 aliphatic carbocycles. The number of nitrogens with one attached hydrogen (secondary N) is 1. The third kappa shape index (κ3) is 2.94. The standard InChI is InChI=1S/C15H16FN/c1-5-8-9-13-11(4)17-15(7-3)14(13)10-12(16)6-2/h5-10,17H,2-4H2,1H3/b8-5-,12-10+,13-9+. The Labute approximate surface area is 101 Å². The van der Waals surface area contributed by atoms with E-state index in [0.29, 0.717) is 0 Å². The van der Waals surface area contributed by atoms with Crippen molar-refractivity contribution >= 4 is 24.8 Å². The highest BCUT2D eigenvalue weighted by Crippen LogP contribution is 2.09. The number of H-pyrrole nitrogens is 1. The maximum Gasteiger partial charge on any atom is 0.123 e. The average molecular weight is 229 g/mol. The Morgan fingerprint density at radius 2 is 2.06 bits per heavy atom. The van der Waals surface area contributed by atoms with Gasteiger partial charge in [-0.25, -0.2) is 4.39 Å². The largest absolute Gasteiger partial charge is 0.355 e. The monoisotopic (exact) mass is 229 g/mol. The van der Waals surface area contributed by atoms with Crippen LogP contribution in [0.15, 0.2) is 37.2 Å². The van der Waals surface area contributed by atoms with E-state index in [-0.39, 0.29) is 5.83 Å². The molecule has 0 saturated carbocycles. The van der Waals surface area contributed by atoms with Crippen LogP contribution >= 0.6 is 0 Å². The number of hydrogen-bond donors (Lipinski definition) is 1. The molecule has 0 atom stereocenters. The number of aromatic nitrogens is 1. The number of halogens is 1. The van der Waals surface area contributed by atoms with Gasteiger partial charge in [-0.05, 0) is 25.2 Å². The third-order valence-electron chi connectivity index (χ3n) is 2.33. The van der Waals surface area contributed by atoms with Crippen LogP contribution in [-0.2, 0) is 0 Å².